The summed E-state index contributed by atoms with van der Waals surface area (Å²) >= 11 is 6.48. The third-order valence-corrected chi connectivity index (χ3v) is 4.55. The lowest BCUT2D eigenvalue weighted by atomic mass is 10.1. The molecule has 0 N–H and O–H groups in total. The maximum atomic E-state index is 13.4. The van der Waals surface area contributed by atoms with Crippen LogP contribution in [0.2, 0.25) is 0 Å². The van der Waals surface area contributed by atoms with Crippen LogP contribution in [0, 0.1) is 21.8 Å². The van der Waals surface area contributed by atoms with Crippen molar-refractivity contribution in [3.63, 3.8) is 0 Å². The van der Waals surface area contributed by atoms with Crippen molar-refractivity contribution in [2.45, 2.75) is 24.1 Å². The normalized spacial score (nSPS) is 16.9. The fourth-order valence-corrected chi connectivity index (χ4v) is 2.95. The number of nitro benzene ring substituents is 1. The third kappa shape index (κ3) is 3.04. The van der Waals surface area contributed by atoms with Crippen molar-refractivity contribution in [2.24, 2.45) is 5.92 Å². The van der Waals surface area contributed by atoms with Gasteiger partial charge >= 0.3 is 0 Å². The van der Waals surface area contributed by atoms with Crippen LogP contribution in [0.4, 0.5) is 10.1 Å². The predicted octanol–water partition coefficient (Wildman–Crippen LogP) is 4.21. The van der Waals surface area contributed by atoms with E-state index in [4.69, 9.17) is 0 Å². The highest BCUT2D eigenvalue weighted by Gasteiger charge is 2.31. The van der Waals surface area contributed by atoms with E-state index < -0.39 is 10.7 Å². The largest absolute Gasteiger partial charge is 0.273 e. The van der Waals surface area contributed by atoms with E-state index in [0.717, 1.165) is 12.8 Å². The number of halogens is 3. The van der Waals surface area contributed by atoms with Crippen molar-refractivity contribution in [3.8, 4) is 0 Å². The van der Waals surface area contributed by atoms with E-state index in [1.165, 1.54) is 12.1 Å². The second-order valence-corrected chi connectivity index (χ2v) is 6.24. The van der Waals surface area contributed by atoms with Gasteiger partial charge in [-0.25, -0.2) is 4.39 Å². The minimum atomic E-state index is -0.466. The topological polar surface area (TPSA) is 43.1 Å². The zero-order valence-electron chi connectivity index (χ0n) is 8.83. The molecule has 3 nitrogen and oxygen atoms in total. The Morgan fingerprint density at radius 3 is 2.71 bits per heavy atom. The van der Waals surface area contributed by atoms with E-state index in [-0.39, 0.29) is 15.0 Å². The second kappa shape index (κ2) is 5.02. The monoisotopic (exact) mass is 365 g/mol. The first-order valence-corrected chi connectivity index (χ1v) is 6.96. The molecule has 6 heteroatoms. The molecule has 1 atom stereocenters. The molecule has 0 aliphatic heterocycles. The van der Waals surface area contributed by atoms with Gasteiger partial charge < -0.3 is 0 Å². The van der Waals surface area contributed by atoms with Crippen LogP contribution in [0.5, 0.6) is 0 Å². The first kappa shape index (κ1) is 13.0. The summed E-state index contributed by atoms with van der Waals surface area (Å²) in [4.78, 5) is 10.6. The van der Waals surface area contributed by atoms with Crippen LogP contribution >= 0.6 is 31.9 Å². The van der Waals surface area contributed by atoms with Gasteiger partial charge in [0.25, 0.3) is 5.69 Å². The Morgan fingerprint density at radius 2 is 2.18 bits per heavy atom. The third-order valence-electron chi connectivity index (χ3n) is 2.87. The predicted molar refractivity (Wildman–Crippen MR) is 69.9 cm³/mol. The van der Waals surface area contributed by atoms with Gasteiger partial charge in [0.15, 0.2) is 0 Å². The maximum Gasteiger partial charge on any atom is 0.273 e. The lowest BCUT2D eigenvalue weighted by molar-refractivity contribution is -0.385. The number of rotatable bonds is 4. The Morgan fingerprint density at radius 1 is 1.53 bits per heavy atom. The van der Waals surface area contributed by atoms with E-state index >= 15 is 0 Å². The molecule has 0 amide bonds. The number of hydrogen-bond donors (Lipinski definition) is 0. The Hall–Kier alpha value is -0.490. The first-order chi connectivity index (χ1) is 7.99. The Labute approximate surface area is 115 Å². The molecule has 0 aromatic heterocycles. The summed E-state index contributed by atoms with van der Waals surface area (Å²) in [6.45, 7) is 0. The fourth-order valence-electron chi connectivity index (χ4n) is 1.75. The molecule has 1 aliphatic rings. The van der Waals surface area contributed by atoms with Gasteiger partial charge in [-0.1, -0.05) is 15.9 Å². The van der Waals surface area contributed by atoms with Crippen LogP contribution in [0.3, 0.4) is 0 Å². The summed E-state index contributed by atoms with van der Waals surface area (Å²) in [6.07, 6.45) is 2.77. The van der Waals surface area contributed by atoms with Crippen LogP contribution in [-0.4, -0.2) is 9.75 Å². The van der Waals surface area contributed by atoms with Crippen LogP contribution in [0.1, 0.15) is 18.4 Å². The quantitative estimate of drug-likeness (QED) is 0.455. The van der Waals surface area contributed by atoms with Crippen LogP contribution in [-0.2, 0) is 6.42 Å². The van der Waals surface area contributed by atoms with Crippen molar-refractivity contribution in [3.05, 3.63) is 38.1 Å². The van der Waals surface area contributed by atoms with Crippen molar-refractivity contribution in [1.82, 2.24) is 0 Å². The van der Waals surface area contributed by atoms with Crippen LogP contribution in [0.25, 0.3) is 0 Å². The van der Waals surface area contributed by atoms with Crippen LogP contribution < -0.4 is 0 Å². The summed E-state index contributed by atoms with van der Waals surface area (Å²) in [6, 6.07) is 2.48. The van der Waals surface area contributed by atoms with Crippen molar-refractivity contribution in [2.75, 3.05) is 0 Å². The molecule has 1 saturated carbocycles. The van der Waals surface area contributed by atoms with Gasteiger partial charge in [-0.15, -0.1) is 0 Å². The molecule has 1 aromatic carbocycles. The van der Waals surface area contributed by atoms with E-state index in [1.807, 2.05) is 0 Å². The highest BCUT2D eigenvalue weighted by molar-refractivity contribution is 9.10. The molecule has 17 heavy (non-hydrogen) atoms. The van der Waals surface area contributed by atoms with Crippen molar-refractivity contribution < 1.29 is 9.31 Å². The Bertz CT molecular complexity index is 463. The fraction of sp³-hybridized carbons (Fsp3) is 0.455. The summed E-state index contributed by atoms with van der Waals surface area (Å²) in [5.74, 6) is 0.113. The molecule has 1 aliphatic carbocycles. The summed E-state index contributed by atoms with van der Waals surface area (Å²) in [5.41, 5.74) is 0.424. The average molecular weight is 367 g/mol. The highest BCUT2D eigenvalue weighted by Crippen LogP contribution is 2.39. The second-order valence-electron chi connectivity index (χ2n) is 4.21. The number of alkyl halides is 1. The lowest BCUT2D eigenvalue weighted by Gasteiger charge is -2.09. The minimum absolute atomic E-state index is 0.0247. The number of nitrogens with zero attached hydrogens (tertiary/aromatic N) is 1. The lowest BCUT2D eigenvalue weighted by Crippen LogP contribution is -2.08. The molecule has 0 bridgehead atoms. The molecule has 1 unspecified atom stereocenters. The number of nitro groups is 1. The van der Waals surface area contributed by atoms with Gasteiger partial charge in [0.1, 0.15) is 5.82 Å². The summed E-state index contributed by atoms with van der Waals surface area (Å²) in [7, 11) is 0. The number of benzene rings is 1. The van der Waals surface area contributed by atoms with E-state index in [1.54, 1.807) is 0 Å². The Balaban J connectivity index is 2.29. The van der Waals surface area contributed by atoms with Crippen molar-refractivity contribution in [1.29, 1.82) is 0 Å². The minimum Gasteiger partial charge on any atom is -0.258 e. The highest BCUT2D eigenvalue weighted by atomic mass is 79.9. The molecule has 1 fully saturated rings. The van der Waals surface area contributed by atoms with Gasteiger partial charge in [-0.3, -0.25) is 10.1 Å². The van der Waals surface area contributed by atoms with E-state index in [2.05, 4.69) is 31.9 Å². The molecule has 1 aromatic rings. The smallest absolute Gasteiger partial charge is 0.258 e. The summed E-state index contributed by atoms with van der Waals surface area (Å²) in [5, 5.41) is 10.9. The molecule has 0 spiro atoms. The standard InChI is InChI=1S/C11H10Br2FNO2/c12-8(6-1-2-6)3-7-4-10(14)9(13)5-11(7)15(16)17/h4-6,8H,1-3H2. The van der Waals surface area contributed by atoms with Gasteiger partial charge in [0, 0.05) is 16.5 Å². The molecular weight excluding hydrogens is 357 g/mol. The SMILES string of the molecule is O=[N+]([O-])c1cc(Br)c(F)cc1CC(Br)C1CC1. The van der Waals surface area contributed by atoms with E-state index in [9.17, 15) is 14.5 Å². The molecular formula is C11H10Br2FNO2. The molecule has 92 valence electrons. The Kier molecular flexibility index (Phi) is 3.82. The van der Waals surface area contributed by atoms with Gasteiger partial charge in [0.2, 0.25) is 0 Å². The average Bonchev–Trinajstić information content (AvgIpc) is 3.06. The van der Waals surface area contributed by atoms with Gasteiger partial charge in [0.05, 0.1) is 9.40 Å². The van der Waals surface area contributed by atoms with Crippen LogP contribution in [0.15, 0.2) is 16.6 Å². The molecule has 0 radical (unpaired) electrons. The van der Waals surface area contributed by atoms with Gasteiger partial charge in [-0.2, -0.15) is 0 Å². The zero-order valence-corrected chi connectivity index (χ0v) is 12.0. The first-order valence-electron chi connectivity index (χ1n) is 5.25. The summed E-state index contributed by atoms with van der Waals surface area (Å²) < 4.78 is 13.5. The molecule has 0 heterocycles. The van der Waals surface area contributed by atoms with Crippen molar-refractivity contribution >= 4 is 37.5 Å². The maximum absolute atomic E-state index is 13.4. The van der Waals surface area contributed by atoms with E-state index in [0.29, 0.717) is 17.9 Å². The molecule has 0 saturated heterocycles. The zero-order chi connectivity index (χ0) is 12.6. The number of hydrogen-bond acceptors (Lipinski definition) is 2. The van der Waals surface area contributed by atoms with Gasteiger partial charge in [-0.05, 0) is 47.2 Å². The molecule has 2 rings (SSSR count).